The van der Waals surface area contributed by atoms with Gasteiger partial charge in [-0.05, 0) is 67.8 Å². The molecule has 47 heavy (non-hydrogen) atoms. The van der Waals surface area contributed by atoms with Gasteiger partial charge in [-0.25, -0.2) is 4.98 Å². The summed E-state index contributed by atoms with van der Waals surface area (Å²) < 4.78 is 18.3. The lowest BCUT2D eigenvalue weighted by molar-refractivity contribution is 0.258. The van der Waals surface area contributed by atoms with Gasteiger partial charge in [0.15, 0.2) is 11.5 Å². The summed E-state index contributed by atoms with van der Waals surface area (Å²) in [4.78, 5) is 4.84. The molecule has 0 unspecified atom stereocenters. The molecule has 0 aliphatic carbocycles. The van der Waals surface area contributed by atoms with E-state index in [1.807, 2.05) is 25.1 Å². The number of nitrogens with zero attached hydrogens (tertiary/aromatic N) is 1. The molecule has 0 aliphatic heterocycles. The van der Waals surface area contributed by atoms with Crippen molar-refractivity contribution in [2.75, 3.05) is 19.8 Å². The Hall–Kier alpha value is -3.01. The Morgan fingerprint density at radius 3 is 1.62 bits per heavy atom. The zero-order valence-electron chi connectivity index (χ0n) is 30.2. The van der Waals surface area contributed by atoms with Crippen LogP contribution in [0, 0.1) is 0 Å². The number of ether oxygens (including phenoxy) is 3. The zero-order valence-corrected chi connectivity index (χ0v) is 30.2. The summed E-state index contributed by atoms with van der Waals surface area (Å²) in [5.41, 5.74) is 2.98. The Balaban J connectivity index is 1.49. The summed E-state index contributed by atoms with van der Waals surface area (Å²) in [6, 6.07) is 16.5. The highest BCUT2D eigenvalue weighted by Gasteiger charge is 2.07. The van der Waals surface area contributed by atoms with E-state index in [4.69, 9.17) is 19.2 Å². The predicted molar refractivity (Wildman–Crippen MR) is 203 cm³/mol. The summed E-state index contributed by atoms with van der Waals surface area (Å²) >= 11 is 0. The van der Waals surface area contributed by atoms with Gasteiger partial charge in [-0.2, -0.15) is 0 Å². The quantitative estimate of drug-likeness (QED) is 0.0738. The van der Waals surface area contributed by atoms with Gasteiger partial charge in [0.1, 0.15) is 5.75 Å². The second-order valence-corrected chi connectivity index (χ2v) is 13.1. The van der Waals surface area contributed by atoms with Crippen LogP contribution in [0.15, 0.2) is 48.5 Å². The van der Waals surface area contributed by atoms with E-state index in [0.717, 1.165) is 65.5 Å². The first-order valence-electron chi connectivity index (χ1n) is 19.3. The van der Waals surface area contributed by atoms with Crippen molar-refractivity contribution >= 4 is 23.1 Å². The molecule has 1 heterocycles. The third-order valence-corrected chi connectivity index (χ3v) is 8.92. The average Bonchev–Trinajstić information content (AvgIpc) is 3.09. The predicted octanol–water partition coefficient (Wildman–Crippen LogP) is 13.4. The first kappa shape index (κ1) is 38.4. The molecule has 2 aromatic carbocycles. The highest BCUT2D eigenvalue weighted by molar-refractivity contribution is 5.82. The molecule has 0 amide bonds. The normalized spacial score (nSPS) is 11.5. The zero-order chi connectivity index (χ0) is 33.2. The average molecular weight is 644 g/mol. The van der Waals surface area contributed by atoms with Crippen LogP contribution in [-0.2, 0) is 0 Å². The van der Waals surface area contributed by atoms with Crippen molar-refractivity contribution in [2.24, 2.45) is 0 Å². The van der Waals surface area contributed by atoms with Crippen LogP contribution in [0.3, 0.4) is 0 Å². The minimum Gasteiger partial charge on any atom is -0.494 e. The smallest absolute Gasteiger partial charge is 0.161 e. The van der Waals surface area contributed by atoms with Crippen LogP contribution < -0.4 is 14.2 Å². The van der Waals surface area contributed by atoms with E-state index in [9.17, 15) is 0 Å². The van der Waals surface area contributed by atoms with Gasteiger partial charge < -0.3 is 14.2 Å². The highest BCUT2D eigenvalue weighted by atomic mass is 16.5. The lowest BCUT2D eigenvalue weighted by Gasteiger charge is -2.14. The second kappa shape index (κ2) is 25.1. The fourth-order valence-electron chi connectivity index (χ4n) is 6.05. The van der Waals surface area contributed by atoms with E-state index in [1.165, 1.54) is 116 Å². The number of hydrogen-bond acceptors (Lipinski definition) is 4. The van der Waals surface area contributed by atoms with Crippen LogP contribution in [0.4, 0.5) is 0 Å². The van der Waals surface area contributed by atoms with E-state index in [1.54, 1.807) is 0 Å². The van der Waals surface area contributed by atoms with Crippen LogP contribution in [-0.4, -0.2) is 24.8 Å². The molecule has 3 rings (SSSR count). The number of hydrogen-bond donors (Lipinski definition) is 0. The minimum absolute atomic E-state index is 0.661. The van der Waals surface area contributed by atoms with Crippen molar-refractivity contribution in [3.8, 4) is 17.2 Å². The molecule has 260 valence electrons. The largest absolute Gasteiger partial charge is 0.494 e. The maximum atomic E-state index is 6.35. The molecule has 0 N–H and O–H groups in total. The van der Waals surface area contributed by atoms with E-state index in [-0.39, 0.29) is 0 Å². The maximum Gasteiger partial charge on any atom is 0.161 e. The fraction of sp³-hybridized carbons (Fsp3) is 0.605. The van der Waals surface area contributed by atoms with Crippen molar-refractivity contribution in [2.45, 2.75) is 149 Å². The van der Waals surface area contributed by atoms with Gasteiger partial charge in [0.2, 0.25) is 0 Å². The minimum atomic E-state index is 0.661. The third kappa shape index (κ3) is 16.6. The van der Waals surface area contributed by atoms with Crippen LogP contribution in [0.1, 0.15) is 160 Å². The topological polar surface area (TPSA) is 40.6 Å². The van der Waals surface area contributed by atoms with Gasteiger partial charge in [-0.15, -0.1) is 0 Å². The third-order valence-electron chi connectivity index (χ3n) is 8.92. The summed E-state index contributed by atoms with van der Waals surface area (Å²) in [7, 11) is 0. The van der Waals surface area contributed by atoms with Crippen molar-refractivity contribution < 1.29 is 14.2 Å². The summed E-state index contributed by atoms with van der Waals surface area (Å²) in [5.74, 6) is 2.59. The summed E-state index contributed by atoms with van der Waals surface area (Å²) in [5, 5.41) is 1.08. The van der Waals surface area contributed by atoms with E-state index in [0.29, 0.717) is 6.61 Å². The molecule has 0 spiro atoms. The monoisotopic (exact) mass is 643 g/mol. The van der Waals surface area contributed by atoms with Gasteiger partial charge in [-0.3, -0.25) is 0 Å². The Labute approximate surface area is 287 Å². The van der Waals surface area contributed by atoms with E-state index in [2.05, 4.69) is 56.3 Å². The molecule has 4 heteroatoms. The fourth-order valence-corrected chi connectivity index (χ4v) is 6.05. The van der Waals surface area contributed by atoms with Crippen LogP contribution in [0.2, 0.25) is 0 Å². The number of benzene rings is 2. The Morgan fingerprint density at radius 1 is 0.489 bits per heavy atom. The Kier molecular flexibility index (Phi) is 20.5. The number of rotatable bonds is 28. The van der Waals surface area contributed by atoms with Gasteiger partial charge in [0.05, 0.1) is 31.0 Å². The van der Waals surface area contributed by atoms with Crippen molar-refractivity contribution in [1.29, 1.82) is 0 Å². The lowest BCUT2D eigenvalue weighted by atomic mass is 10.1. The standard InChI is InChI=1S/C43H65NO3/c1-4-7-9-11-13-15-17-19-21-23-33-46-42-32-26-37(35-43(42)47-34-24-22-20-18-16-14-12-10-8-5-2)25-28-39-29-27-38-36-40(45-6-3)30-31-41(38)44-39/h25-32,35-36H,4-24,33-34H2,1-3H3. The number of aromatic nitrogens is 1. The van der Waals surface area contributed by atoms with E-state index < -0.39 is 0 Å². The number of pyridine rings is 1. The maximum absolute atomic E-state index is 6.35. The molecular formula is C43H65NO3. The van der Waals surface area contributed by atoms with Crippen LogP contribution >= 0.6 is 0 Å². The van der Waals surface area contributed by atoms with Gasteiger partial charge in [0.25, 0.3) is 0 Å². The molecule has 0 saturated heterocycles. The van der Waals surface area contributed by atoms with Crippen molar-refractivity contribution in [3.63, 3.8) is 0 Å². The number of unbranched alkanes of at least 4 members (excludes halogenated alkanes) is 18. The van der Waals surface area contributed by atoms with Crippen molar-refractivity contribution in [3.05, 3.63) is 59.8 Å². The van der Waals surface area contributed by atoms with Gasteiger partial charge in [0, 0.05) is 5.39 Å². The second-order valence-electron chi connectivity index (χ2n) is 13.1. The molecular weight excluding hydrogens is 578 g/mol. The molecule has 0 atom stereocenters. The molecule has 0 aliphatic rings. The first-order valence-corrected chi connectivity index (χ1v) is 19.3. The Bertz CT molecular complexity index is 1250. The van der Waals surface area contributed by atoms with Gasteiger partial charge in [-0.1, -0.05) is 148 Å². The first-order chi connectivity index (χ1) is 23.2. The number of fused-ring (bicyclic) bond motifs is 1. The summed E-state index contributed by atoms with van der Waals surface area (Å²) in [6.07, 6.45) is 30.7. The summed E-state index contributed by atoms with van der Waals surface area (Å²) in [6.45, 7) is 8.70. The van der Waals surface area contributed by atoms with Crippen LogP contribution in [0.25, 0.3) is 23.1 Å². The van der Waals surface area contributed by atoms with Crippen molar-refractivity contribution in [1.82, 2.24) is 4.98 Å². The molecule has 4 nitrogen and oxygen atoms in total. The molecule has 0 saturated carbocycles. The van der Waals surface area contributed by atoms with E-state index >= 15 is 0 Å². The highest BCUT2D eigenvalue weighted by Crippen LogP contribution is 2.30. The molecule has 3 aromatic rings. The van der Waals surface area contributed by atoms with Gasteiger partial charge >= 0.3 is 0 Å². The lowest BCUT2D eigenvalue weighted by Crippen LogP contribution is -2.03. The SMILES string of the molecule is CCCCCCCCCCCCOc1ccc(C=Cc2ccc3cc(OCC)ccc3n2)cc1OCCCCCCCCCCCC. The molecule has 0 radical (unpaired) electrons. The molecule has 1 aromatic heterocycles. The van der Waals surface area contributed by atoms with Crippen LogP contribution in [0.5, 0.6) is 17.2 Å². The molecule has 0 fully saturated rings. The molecule has 0 bridgehead atoms. The Morgan fingerprint density at radius 2 is 1.04 bits per heavy atom.